The van der Waals surface area contributed by atoms with Gasteiger partial charge in [-0.25, -0.2) is 4.39 Å². The Labute approximate surface area is 153 Å². The molecule has 4 aromatic rings. The molecule has 7 heteroatoms. The van der Waals surface area contributed by atoms with Crippen molar-refractivity contribution in [3.63, 3.8) is 0 Å². The number of benzene rings is 2. The second-order valence-electron chi connectivity index (χ2n) is 5.72. The third-order valence-electron chi connectivity index (χ3n) is 3.94. The average molecular weight is 363 g/mol. The van der Waals surface area contributed by atoms with E-state index >= 15 is 0 Å². The maximum Gasteiger partial charge on any atom is 0.287 e. The Bertz CT molecular complexity index is 1050. The smallest absolute Gasteiger partial charge is 0.287 e. The highest BCUT2D eigenvalue weighted by Gasteiger charge is 2.27. The molecule has 0 bridgehead atoms. The number of halogens is 1. The lowest BCUT2D eigenvalue weighted by Gasteiger charge is -2.15. The fourth-order valence-corrected chi connectivity index (χ4v) is 2.64. The van der Waals surface area contributed by atoms with Crippen molar-refractivity contribution in [1.29, 1.82) is 0 Å². The van der Waals surface area contributed by atoms with Crippen molar-refractivity contribution in [2.45, 2.75) is 6.04 Å². The number of hydrogen-bond donors (Lipinski definition) is 1. The molecular weight excluding hydrogens is 349 g/mol. The van der Waals surface area contributed by atoms with E-state index in [-0.39, 0.29) is 23.1 Å². The molecule has 1 amide bonds. The first kappa shape index (κ1) is 16.7. The molecule has 0 saturated heterocycles. The summed E-state index contributed by atoms with van der Waals surface area (Å²) in [6, 6.07) is 17.4. The molecule has 0 radical (unpaired) electrons. The molecule has 1 atom stereocenters. The van der Waals surface area contributed by atoms with Crippen LogP contribution in [0.25, 0.3) is 11.5 Å². The van der Waals surface area contributed by atoms with Gasteiger partial charge in [0.1, 0.15) is 11.9 Å². The second-order valence-corrected chi connectivity index (χ2v) is 5.72. The van der Waals surface area contributed by atoms with Gasteiger partial charge in [0.25, 0.3) is 5.91 Å². The monoisotopic (exact) mass is 363 g/mol. The molecule has 0 spiro atoms. The molecule has 0 aliphatic rings. The summed E-state index contributed by atoms with van der Waals surface area (Å²) < 4.78 is 25.2. The van der Waals surface area contributed by atoms with Gasteiger partial charge in [-0.1, -0.05) is 36.4 Å². The third kappa shape index (κ3) is 3.48. The van der Waals surface area contributed by atoms with Crippen molar-refractivity contribution in [3.05, 3.63) is 96.0 Å². The molecule has 0 saturated carbocycles. The van der Waals surface area contributed by atoms with E-state index in [1.54, 1.807) is 24.3 Å². The maximum atomic E-state index is 14.4. The highest BCUT2D eigenvalue weighted by molar-refractivity contribution is 5.91. The SMILES string of the molecule is O=C(N[C@@H](c1nnc(-c2ccccc2)o1)c1ccccc1F)c1ccco1. The van der Waals surface area contributed by atoms with Gasteiger partial charge in [0.05, 0.1) is 6.26 Å². The minimum absolute atomic E-state index is 0.0684. The largest absolute Gasteiger partial charge is 0.459 e. The summed E-state index contributed by atoms with van der Waals surface area (Å²) in [6.45, 7) is 0. The van der Waals surface area contributed by atoms with Crippen molar-refractivity contribution in [3.8, 4) is 11.5 Å². The fourth-order valence-electron chi connectivity index (χ4n) is 2.64. The summed E-state index contributed by atoms with van der Waals surface area (Å²) in [5.41, 5.74) is 0.932. The normalized spacial score (nSPS) is 11.9. The van der Waals surface area contributed by atoms with Crippen molar-refractivity contribution in [1.82, 2.24) is 15.5 Å². The predicted molar refractivity (Wildman–Crippen MR) is 94.2 cm³/mol. The second kappa shape index (κ2) is 7.25. The Morgan fingerprint density at radius 3 is 2.48 bits per heavy atom. The van der Waals surface area contributed by atoms with Crippen LogP contribution in [0.4, 0.5) is 4.39 Å². The number of furan rings is 1. The molecule has 0 unspecified atom stereocenters. The van der Waals surface area contributed by atoms with Crippen LogP contribution < -0.4 is 5.32 Å². The zero-order chi connectivity index (χ0) is 18.6. The first-order valence-corrected chi connectivity index (χ1v) is 8.20. The van der Waals surface area contributed by atoms with Crippen molar-refractivity contribution in [2.75, 3.05) is 0 Å². The number of nitrogens with one attached hydrogen (secondary N) is 1. The predicted octanol–water partition coefficient (Wildman–Crippen LogP) is 3.99. The first-order valence-electron chi connectivity index (χ1n) is 8.20. The minimum Gasteiger partial charge on any atom is -0.459 e. The van der Waals surface area contributed by atoms with Gasteiger partial charge in [-0.05, 0) is 30.3 Å². The van der Waals surface area contributed by atoms with Gasteiger partial charge in [0, 0.05) is 11.1 Å². The minimum atomic E-state index is -0.964. The van der Waals surface area contributed by atoms with Gasteiger partial charge in [-0.3, -0.25) is 4.79 Å². The Hall–Kier alpha value is -3.74. The highest BCUT2D eigenvalue weighted by atomic mass is 19.1. The molecule has 6 nitrogen and oxygen atoms in total. The Kier molecular flexibility index (Phi) is 4.49. The van der Waals surface area contributed by atoms with Gasteiger partial charge in [-0.15, -0.1) is 10.2 Å². The number of carbonyl (C=O) groups is 1. The van der Waals surface area contributed by atoms with Gasteiger partial charge in [0.2, 0.25) is 11.8 Å². The molecular formula is C20H14FN3O3. The standard InChI is InChI=1S/C20H14FN3O3/c21-15-10-5-4-9-14(15)17(22-18(25)16-11-6-12-26-16)20-24-23-19(27-20)13-7-2-1-3-8-13/h1-12,17H,(H,22,25)/t17-/m1/s1. The third-order valence-corrected chi connectivity index (χ3v) is 3.94. The summed E-state index contributed by atoms with van der Waals surface area (Å²) in [6.07, 6.45) is 1.38. The zero-order valence-corrected chi connectivity index (χ0v) is 14.0. The van der Waals surface area contributed by atoms with Crippen LogP contribution in [0.2, 0.25) is 0 Å². The highest BCUT2D eigenvalue weighted by Crippen LogP contribution is 2.27. The van der Waals surface area contributed by atoms with Crippen molar-refractivity contribution >= 4 is 5.91 Å². The first-order chi connectivity index (χ1) is 13.2. The molecule has 0 aliphatic heterocycles. The number of hydrogen-bond acceptors (Lipinski definition) is 5. The number of carbonyl (C=O) groups excluding carboxylic acids is 1. The van der Waals surface area contributed by atoms with E-state index in [9.17, 15) is 9.18 Å². The lowest BCUT2D eigenvalue weighted by Crippen LogP contribution is -2.30. The van der Waals surface area contributed by atoms with Gasteiger partial charge in [-0.2, -0.15) is 0 Å². The molecule has 1 N–H and O–H groups in total. The van der Waals surface area contributed by atoms with Crippen LogP contribution in [-0.4, -0.2) is 16.1 Å². The molecule has 27 heavy (non-hydrogen) atoms. The molecule has 4 rings (SSSR count). The van der Waals surface area contributed by atoms with E-state index in [4.69, 9.17) is 8.83 Å². The van der Waals surface area contributed by atoms with Gasteiger partial charge < -0.3 is 14.2 Å². The summed E-state index contributed by atoms with van der Waals surface area (Å²) in [5.74, 6) is -0.577. The molecule has 134 valence electrons. The van der Waals surface area contributed by atoms with E-state index in [0.29, 0.717) is 0 Å². The van der Waals surface area contributed by atoms with E-state index in [0.717, 1.165) is 5.56 Å². The number of aromatic nitrogens is 2. The van der Waals surface area contributed by atoms with Crippen LogP contribution in [0.15, 0.2) is 81.8 Å². The van der Waals surface area contributed by atoms with E-state index in [1.807, 2.05) is 30.3 Å². The molecule has 0 aliphatic carbocycles. The summed E-state index contributed by atoms with van der Waals surface area (Å²) >= 11 is 0. The molecule has 2 heterocycles. The van der Waals surface area contributed by atoms with Gasteiger partial charge >= 0.3 is 0 Å². The fraction of sp³-hybridized carbons (Fsp3) is 0.0500. The van der Waals surface area contributed by atoms with E-state index in [2.05, 4.69) is 15.5 Å². The molecule has 0 fully saturated rings. The Morgan fingerprint density at radius 2 is 1.74 bits per heavy atom. The molecule has 2 aromatic carbocycles. The Balaban J connectivity index is 1.71. The Morgan fingerprint density at radius 1 is 0.963 bits per heavy atom. The van der Waals surface area contributed by atoms with E-state index in [1.165, 1.54) is 18.4 Å². The number of rotatable bonds is 5. The van der Waals surface area contributed by atoms with Crippen molar-refractivity contribution in [2.24, 2.45) is 0 Å². The summed E-state index contributed by atoms with van der Waals surface area (Å²) in [7, 11) is 0. The zero-order valence-electron chi connectivity index (χ0n) is 14.0. The number of amides is 1. The van der Waals surface area contributed by atoms with Crippen LogP contribution in [0.1, 0.15) is 28.1 Å². The average Bonchev–Trinajstić information content (AvgIpc) is 3.40. The summed E-state index contributed by atoms with van der Waals surface area (Å²) in [4.78, 5) is 12.4. The van der Waals surface area contributed by atoms with Crippen LogP contribution in [0, 0.1) is 5.82 Å². The lowest BCUT2D eigenvalue weighted by molar-refractivity contribution is 0.0909. The quantitative estimate of drug-likeness (QED) is 0.580. The van der Waals surface area contributed by atoms with Crippen molar-refractivity contribution < 1.29 is 18.0 Å². The topological polar surface area (TPSA) is 81.2 Å². The van der Waals surface area contributed by atoms with Crippen LogP contribution in [-0.2, 0) is 0 Å². The van der Waals surface area contributed by atoms with E-state index < -0.39 is 17.8 Å². The molecule has 2 aromatic heterocycles. The lowest BCUT2D eigenvalue weighted by atomic mass is 10.1. The van der Waals surface area contributed by atoms with Crippen LogP contribution >= 0.6 is 0 Å². The van der Waals surface area contributed by atoms with Crippen LogP contribution in [0.3, 0.4) is 0 Å². The maximum absolute atomic E-state index is 14.4. The summed E-state index contributed by atoms with van der Waals surface area (Å²) in [5, 5.41) is 10.7. The number of nitrogens with zero attached hydrogens (tertiary/aromatic N) is 2. The van der Waals surface area contributed by atoms with Crippen LogP contribution in [0.5, 0.6) is 0 Å². The van der Waals surface area contributed by atoms with Gasteiger partial charge in [0.15, 0.2) is 5.76 Å².